The van der Waals surface area contributed by atoms with Crippen LogP contribution in [-0.4, -0.2) is 15.9 Å². The van der Waals surface area contributed by atoms with Gasteiger partial charge in [-0.1, -0.05) is 23.7 Å². The van der Waals surface area contributed by atoms with Gasteiger partial charge in [-0.05, 0) is 18.2 Å². The van der Waals surface area contributed by atoms with E-state index < -0.39 is 28.1 Å². The van der Waals surface area contributed by atoms with Crippen LogP contribution in [0.5, 0.6) is 5.75 Å². The van der Waals surface area contributed by atoms with Gasteiger partial charge < -0.3 is 9.15 Å². The van der Waals surface area contributed by atoms with Gasteiger partial charge >= 0.3 is 11.7 Å². The number of carbonyl (C=O) groups is 1. The molecule has 0 aliphatic carbocycles. The summed E-state index contributed by atoms with van der Waals surface area (Å²) < 4.78 is 23.7. The average molecular weight is 391 g/mol. The van der Waals surface area contributed by atoms with Crippen LogP contribution in [0.3, 0.4) is 0 Å². The summed E-state index contributed by atoms with van der Waals surface area (Å²) in [6.45, 7) is 0. The average Bonchev–Trinajstić information content (AvgIpc) is 3.09. The minimum atomic E-state index is -0.777. The zero-order valence-corrected chi connectivity index (χ0v) is 14.5. The van der Waals surface area contributed by atoms with E-state index in [0.29, 0.717) is 16.3 Å². The first kappa shape index (κ1) is 18.5. The maximum atomic E-state index is 13.3. The number of oxazole rings is 1. The Morgan fingerprint density at radius 1 is 1.30 bits per heavy atom. The van der Waals surface area contributed by atoms with Gasteiger partial charge in [0.05, 0.1) is 22.6 Å². The number of nitrogens with zero attached hydrogens (tertiary/aromatic N) is 2. The van der Waals surface area contributed by atoms with Crippen molar-refractivity contribution in [2.45, 2.75) is 12.8 Å². The Hall–Kier alpha value is -3.26. The van der Waals surface area contributed by atoms with Crippen LogP contribution >= 0.6 is 11.6 Å². The molecule has 0 radical (unpaired) electrons. The van der Waals surface area contributed by atoms with Crippen LogP contribution in [0.2, 0.25) is 5.02 Å². The number of hydrogen-bond donors (Lipinski definition) is 0. The third kappa shape index (κ3) is 4.48. The molecule has 1 heterocycles. The molecular weight excluding hydrogens is 379 g/mol. The monoisotopic (exact) mass is 390 g/mol. The molecule has 0 saturated carbocycles. The number of nitro benzene ring substituents is 1. The van der Waals surface area contributed by atoms with Crippen LogP contribution in [-0.2, 0) is 11.2 Å². The first-order valence-corrected chi connectivity index (χ1v) is 8.16. The molecule has 0 atom stereocenters. The number of benzene rings is 2. The van der Waals surface area contributed by atoms with Crippen LogP contribution in [0.15, 0.2) is 53.1 Å². The van der Waals surface area contributed by atoms with Crippen LogP contribution in [0.1, 0.15) is 12.3 Å². The lowest BCUT2D eigenvalue weighted by Crippen LogP contribution is -2.10. The number of aryl methyl sites for hydroxylation is 1. The molecule has 0 spiro atoms. The van der Waals surface area contributed by atoms with Crippen molar-refractivity contribution in [1.82, 2.24) is 4.98 Å². The molecule has 138 valence electrons. The summed E-state index contributed by atoms with van der Waals surface area (Å²) in [5.74, 6) is -1.25. The highest BCUT2D eigenvalue weighted by Crippen LogP contribution is 2.29. The van der Waals surface area contributed by atoms with Gasteiger partial charge in [-0.15, -0.1) is 0 Å². The molecule has 27 heavy (non-hydrogen) atoms. The lowest BCUT2D eigenvalue weighted by molar-refractivity contribution is -0.385. The van der Waals surface area contributed by atoms with Crippen molar-refractivity contribution in [3.63, 3.8) is 0 Å². The predicted molar refractivity (Wildman–Crippen MR) is 94.0 cm³/mol. The van der Waals surface area contributed by atoms with Gasteiger partial charge in [0, 0.05) is 24.1 Å². The fourth-order valence-corrected chi connectivity index (χ4v) is 2.54. The third-order valence-corrected chi connectivity index (χ3v) is 3.91. The van der Waals surface area contributed by atoms with Crippen molar-refractivity contribution in [1.29, 1.82) is 0 Å². The Balaban J connectivity index is 1.65. The predicted octanol–water partition coefficient (Wildman–Crippen LogP) is 4.58. The van der Waals surface area contributed by atoms with E-state index in [0.717, 1.165) is 18.2 Å². The highest BCUT2D eigenvalue weighted by molar-refractivity contribution is 6.33. The molecule has 0 bridgehead atoms. The van der Waals surface area contributed by atoms with E-state index in [1.54, 1.807) is 24.3 Å². The Kier molecular flexibility index (Phi) is 5.46. The van der Waals surface area contributed by atoms with Crippen molar-refractivity contribution < 1.29 is 23.3 Å². The Labute approximate surface area is 157 Å². The largest absolute Gasteiger partial charge is 0.441 e. The van der Waals surface area contributed by atoms with Crippen LogP contribution in [0.25, 0.3) is 11.3 Å². The van der Waals surface area contributed by atoms with Crippen molar-refractivity contribution in [2.75, 3.05) is 0 Å². The van der Waals surface area contributed by atoms with E-state index in [1.807, 2.05) is 0 Å². The van der Waals surface area contributed by atoms with Gasteiger partial charge in [0.25, 0.3) is 0 Å². The molecule has 7 nitrogen and oxygen atoms in total. The number of ether oxygens (including phenoxy) is 1. The highest BCUT2D eigenvalue weighted by Gasteiger charge is 2.19. The minimum Gasteiger partial charge on any atom is -0.441 e. The molecule has 3 aromatic rings. The lowest BCUT2D eigenvalue weighted by Gasteiger charge is -2.04. The van der Waals surface area contributed by atoms with Gasteiger partial charge in [-0.2, -0.15) is 0 Å². The zero-order chi connectivity index (χ0) is 19.4. The summed E-state index contributed by atoms with van der Waals surface area (Å²) in [5.41, 5.74) is 0.165. The fraction of sp³-hybridized carbons (Fsp3) is 0.111. The molecule has 0 aliphatic rings. The molecule has 0 unspecified atom stereocenters. The second-order valence-electron chi connectivity index (χ2n) is 5.44. The fourth-order valence-electron chi connectivity index (χ4n) is 2.31. The van der Waals surface area contributed by atoms with Crippen molar-refractivity contribution in [3.8, 4) is 17.1 Å². The summed E-state index contributed by atoms with van der Waals surface area (Å²) in [6.07, 6.45) is 1.43. The maximum Gasteiger partial charge on any atom is 0.311 e. The number of esters is 1. The Bertz CT molecular complexity index is 1000. The van der Waals surface area contributed by atoms with Crippen molar-refractivity contribution in [3.05, 3.63) is 75.5 Å². The van der Waals surface area contributed by atoms with E-state index in [9.17, 15) is 19.3 Å². The quantitative estimate of drug-likeness (QED) is 0.264. The molecule has 0 aliphatic heterocycles. The first-order valence-electron chi connectivity index (χ1n) is 7.78. The molecular formula is C18H12ClFN2O5. The molecule has 0 N–H and O–H groups in total. The number of hydrogen-bond acceptors (Lipinski definition) is 6. The SMILES string of the molecule is O=C(CCc1ncc(-c2ccccc2Cl)o1)Oc1cc(F)ccc1[N+](=O)[O-]. The number of nitro groups is 1. The number of carbonyl (C=O) groups excluding carboxylic acids is 1. The minimum absolute atomic E-state index is 0.104. The van der Waals surface area contributed by atoms with E-state index in [1.165, 1.54) is 6.20 Å². The smallest absolute Gasteiger partial charge is 0.311 e. The van der Waals surface area contributed by atoms with E-state index in [-0.39, 0.29) is 18.7 Å². The van der Waals surface area contributed by atoms with Gasteiger partial charge in [0.2, 0.25) is 5.75 Å². The van der Waals surface area contributed by atoms with Gasteiger partial charge in [-0.25, -0.2) is 9.37 Å². The van der Waals surface area contributed by atoms with Crippen molar-refractivity contribution >= 4 is 23.3 Å². The summed E-state index contributed by atoms with van der Waals surface area (Å²) >= 11 is 6.09. The molecule has 2 aromatic carbocycles. The maximum absolute atomic E-state index is 13.3. The Morgan fingerprint density at radius 3 is 2.81 bits per heavy atom. The van der Waals surface area contributed by atoms with E-state index in [4.69, 9.17) is 20.8 Å². The summed E-state index contributed by atoms with van der Waals surface area (Å²) in [4.78, 5) is 26.2. The van der Waals surface area contributed by atoms with Crippen LogP contribution in [0.4, 0.5) is 10.1 Å². The standard InChI is InChI=1S/C18H12ClFN2O5/c19-13-4-2-1-3-12(13)16-10-21-17(26-16)7-8-18(23)27-15-9-11(20)5-6-14(15)22(24)25/h1-6,9-10H,7-8H2. The lowest BCUT2D eigenvalue weighted by atomic mass is 10.2. The normalized spacial score (nSPS) is 10.6. The zero-order valence-electron chi connectivity index (χ0n) is 13.7. The van der Waals surface area contributed by atoms with E-state index in [2.05, 4.69) is 4.98 Å². The summed E-state index contributed by atoms with van der Waals surface area (Å²) in [7, 11) is 0. The van der Waals surface area contributed by atoms with Crippen LogP contribution in [0, 0.1) is 15.9 Å². The molecule has 1 aromatic heterocycles. The van der Waals surface area contributed by atoms with Crippen molar-refractivity contribution in [2.24, 2.45) is 0 Å². The molecule has 3 rings (SSSR count). The second kappa shape index (κ2) is 7.96. The van der Waals surface area contributed by atoms with E-state index >= 15 is 0 Å². The number of rotatable bonds is 6. The van der Waals surface area contributed by atoms with Crippen LogP contribution < -0.4 is 4.74 Å². The summed E-state index contributed by atoms with van der Waals surface area (Å²) in [5, 5.41) is 11.4. The van der Waals surface area contributed by atoms with Gasteiger partial charge in [0.1, 0.15) is 5.82 Å². The molecule has 0 saturated heterocycles. The molecule has 0 fully saturated rings. The number of aromatic nitrogens is 1. The topological polar surface area (TPSA) is 95.5 Å². The summed E-state index contributed by atoms with van der Waals surface area (Å²) in [6, 6.07) is 9.70. The first-order chi connectivity index (χ1) is 12.9. The number of halogens is 2. The second-order valence-corrected chi connectivity index (χ2v) is 5.85. The van der Waals surface area contributed by atoms with Gasteiger partial charge in [0.15, 0.2) is 11.7 Å². The molecule has 0 amide bonds. The highest BCUT2D eigenvalue weighted by atomic mass is 35.5. The molecule has 9 heteroatoms. The van der Waals surface area contributed by atoms with Gasteiger partial charge in [-0.3, -0.25) is 14.9 Å². The Morgan fingerprint density at radius 2 is 2.07 bits per heavy atom. The third-order valence-electron chi connectivity index (χ3n) is 3.58.